The molecule has 0 radical (unpaired) electrons. The Balaban J connectivity index is 2.13. The topological polar surface area (TPSA) is 26.0 Å². The van der Waals surface area contributed by atoms with E-state index in [1.54, 1.807) is 0 Å². The van der Waals surface area contributed by atoms with Crippen molar-refractivity contribution in [2.24, 2.45) is 11.7 Å². The van der Waals surface area contributed by atoms with Gasteiger partial charge in [-0.1, -0.05) is 43.5 Å². The second kappa shape index (κ2) is 5.44. The Morgan fingerprint density at radius 2 is 1.89 bits per heavy atom. The number of benzene rings is 1. The maximum absolute atomic E-state index is 6.69. The van der Waals surface area contributed by atoms with Crippen LogP contribution in [-0.4, -0.2) is 0 Å². The summed E-state index contributed by atoms with van der Waals surface area (Å²) in [5.41, 5.74) is 10.7. The molecule has 1 nitrogen and oxygen atoms in total. The molecule has 1 aliphatic carbocycles. The Kier molecular flexibility index (Phi) is 4.11. The molecule has 0 unspecified atom stereocenters. The monoisotopic (exact) mass is 245 g/mol. The highest BCUT2D eigenvalue weighted by Gasteiger charge is 2.33. The van der Waals surface area contributed by atoms with Gasteiger partial charge < -0.3 is 5.73 Å². The van der Waals surface area contributed by atoms with E-state index >= 15 is 0 Å². The largest absolute Gasteiger partial charge is 0.321 e. The minimum absolute atomic E-state index is 0.0674. The molecule has 1 saturated carbocycles. The minimum Gasteiger partial charge on any atom is -0.321 e. The number of hydrogen-bond donors (Lipinski definition) is 1. The van der Waals surface area contributed by atoms with Crippen LogP contribution in [-0.2, 0) is 5.54 Å². The zero-order valence-corrected chi connectivity index (χ0v) is 12.1. The van der Waals surface area contributed by atoms with E-state index < -0.39 is 0 Å². The smallest absolute Gasteiger partial charge is 0.0412 e. The Morgan fingerprint density at radius 1 is 1.22 bits per heavy atom. The van der Waals surface area contributed by atoms with Crippen molar-refractivity contribution < 1.29 is 0 Å². The van der Waals surface area contributed by atoms with Crippen LogP contribution in [0.1, 0.15) is 62.1 Å². The predicted octanol–water partition coefficient (Wildman–Crippen LogP) is 4.45. The third-order valence-electron chi connectivity index (χ3n) is 4.61. The first kappa shape index (κ1) is 13.6. The van der Waals surface area contributed by atoms with E-state index in [1.165, 1.54) is 42.4 Å². The van der Waals surface area contributed by atoms with E-state index in [9.17, 15) is 0 Å². The van der Waals surface area contributed by atoms with Gasteiger partial charge in [0.2, 0.25) is 0 Å². The highest BCUT2D eigenvalue weighted by molar-refractivity contribution is 5.36. The fraction of sp³-hybridized carbons (Fsp3) is 0.647. The quantitative estimate of drug-likeness (QED) is 0.836. The molecule has 2 rings (SSSR count). The summed E-state index contributed by atoms with van der Waals surface area (Å²) in [6.07, 6.45) is 7.60. The van der Waals surface area contributed by atoms with Crippen molar-refractivity contribution in [1.29, 1.82) is 0 Å². The fourth-order valence-electron chi connectivity index (χ4n) is 3.53. The van der Waals surface area contributed by atoms with E-state index in [2.05, 4.69) is 39.0 Å². The van der Waals surface area contributed by atoms with Gasteiger partial charge in [0.25, 0.3) is 0 Å². The van der Waals surface area contributed by atoms with Crippen LogP contribution < -0.4 is 5.73 Å². The van der Waals surface area contributed by atoms with Gasteiger partial charge in [-0.3, -0.25) is 0 Å². The molecule has 1 aromatic rings. The van der Waals surface area contributed by atoms with Crippen LogP contribution in [0.2, 0.25) is 0 Å². The number of nitrogens with two attached hydrogens (primary N) is 1. The zero-order chi connectivity index (χ0) is 13.2. The van der Waals surface area contributed by atoms with Gasteiger partial charge in [-0.2, -0.15) is 0 Å². The molecule has 0 amide bonds. The van der Waals surface area contributed by atoms with E-state index in [-0.39, 0.29) is 5.54 Å². The second-order valence-corrected chi connectivity index (χ2v) is 6.21. The first-order valence-corrected chi connectivity index (χ1v) is 7.42. The van der Waals surface area contributed by atoms with E-state index in [1.807, 2.05) is 0 Å². The standard InChI is InChI=1S/C17H27N/c1-4-5-15-8-10-17(18,11-9-15)16-7-6-13(2)12-14(16)3/h6-7,12,15H,4-5,8-11,18H2,1-3H3. The predicted molar refractivity (Wildman–Crippen MR) is 78.6 cm³/mol. The molecule has 100 valence electrons. The van der Waals surface area contributed by atoms with Crippen molar-refractivity contribution in [1.82, 2.24) is 0 Å². The first-order chi connectivity index (χ1) is 8.55. The van der Waals surface area contributed by atoms with Crippen molar-refractivity contribution in [3.8, 4) is 0 Å². The molecular weight excluding hydrogens is 218 g/mol. The maximum Gasteiger partial charge on any atom is 0.0412 e. The molecule has 1 aliphatic rings. The van der Waals surface area contributed by atoms with Crippen LogP contribution in [0.5, 0.6) is 0 Å². The average Bonchev–Trinajstić information content (AvgIpc) is 2.32. The molecule has 18 heavy (non-hydrogen) atoms. The highest BCUT2D eigenvalue weighted by Crippen LogP contribution is 2.40. The molecular formula is C17H27N. The minimum atomic E-state index is -0.0674. The van der Waals surface area contributed by atoms with Crippen LogP contribution in [0.4, 0.5) is 0 Å². The van der Waals surface area contributed by atoms with Crippen molar-refractivity contribution in [3.05, 3.63) is 34.9 Å². The lowest BCUT2D eigenvalue weighted by Gasteiger charge is -2.38. The highest BCUT2D eigenvalue weighted by atomic mass is 14.7. The SMILES string of the molecule is CCCC1CCC(N)(c2ccc(C)cc2C)CC1. The fourth-order valence-corrected chi connectivity index (χ4v) is 3.53. The maximum atomic E-state index is 6.69. The van der Waals surface area contributed by atoms with Crippen LogP contribution in [0.15, 0.2) is 18.2 Å². The van der Waals surface area contributed by atoms with Gasteiger partial charge in [0.15, 0.2) is 0 Å². The zero-order valence-electron chi connectivity index (χ0n) is 12.1. The Labute approximate surface area is 112 Å². The van der Waals surface area contributed by atoms with Crippen LogP contribution >= 0.6 is 0 Å². The summed E-state index contributed by atoms with van der Waals surface area (Å²) < 4.78 is 0. The Bertz CT molecular complexity index is 400. The number of rotatable bonds is 3. The van der Waals surface area contributed by atoms with Crippen molar-refractivity contribution >= 4 is 0 Å². The van der Waals surface area contributed by atoms with Gasteiger partial charge >= 0.3 is 0 Å². The lowest BCUT2D eigenvalue weighted by atomic mass is 9.71. The molecule has 0 spiro atoms. The summed E-state index contributed by atoms with van der Waals surface area (Å²) in [5.74, 6) is 0.914. The van der Waals surface area contributed by atoms with Gasteiger partial charge in [-0.15, -0.1) is 0 Å². The van der Waals surface area contributed by atoms with E-state index in [4.69, 9.17) is 5.73 Å². The summed E-state index contributed by atoms with van der Waals surface area (Å²) in [5, 5.41) is 0. The van der Waals surface area contributed by atoms with Crippen LogP contribution in [0.3, 0.4) is 0 Å². The Hall–Kier alpha value is -0.820. The van der Waals surface area contributed by atoms with Crippen LogP contribution in [0, 0.1) is 19.8 Å². The summed E-state index contributed by atoms with van der Waals surface area (Å²) in [7, 11) is 0. The van der Waals surface area contributed by atoms with Crippen molar-refractivity contribution in [2.45, 2.75) is 64.8 Å². The normalized spacial score (nSPS) is 28.3. The molecule has 0 bridgehead atoms. The Morgan fingerprint density at radius 3 is 2.44 bits per heavy atom. The van der Waals surface area contributed by atoms with Gasteiger partial charge in [0.05, 0.1) is 0 Å². The lowest BCUT2D eigenvalue weighted by molar-refractivity contribution is 0.225. The van der Waals surface area contributed by atoms with E-state index in [0.29, 0.717) is 0 Å². The molecule has 1 aromatic carbocycles. The van der Waals surface area contributed by atoms with Crippen LogP contribution in [0.25, 0.3) is 0 Å². The van der Waals surface area contributed by atoms with Gasteiger partial charge in [-0.05, 0) is 56.6 Å². The molecule has 0 aromatic heterocycles. The first-order valence-electron chi connectivity index (χ1n) is 7.42. The van der Waals surface area contributed by atoms with Crippen molar-refractivity contribution in [2.75, 3.05) is 0 Å². The van der Waals surface area contributed by atoms with Gasteiger partial charge in [0, 0.05) is 5.54 Å². The molecule has 1 heteroatoms. The second-order valence-electron chi connectivity index (χ2n) is 6.21. The van der Waals surface area contributed by atoms with Gasteiger partial charge in [0.1, 0.15) is 0 Å². The third kappa shape index (κ3) is 2.77. The molecule has 1 fully saturated rings. The molecule has 0 aliphatic heterocycles. The molecule has 0 atom stereocenters. The summed E-state index contributed by atoms with van der Waals surface area (Å²) >= 11 is 0. The van der Waals surface area contributed by atoms with Gasteiger partial charge in [-0.25, -0.2) is 0 Å². The summed E-state index contributed by atoms with van der Waals surface area (Å²) in [6, 6.07) is 6.72. The third-order valence-corrected chi connectivity index (χ3v) is 4.61. The average molecular weight is 245 g/mol. The lowest BCUT2D eigenvalue weighted by Crippen LogP contribution is -2.41. The summed E-state index contributed by atoms with van der Waals surface area (Å²) in [6.45, 7) is 6.64. The molecule has 0 saturated heterocycles. The van der Waals surface area contributed by atoms with Crippen molar-refractivity contribution in [3.63, 3.8) is 0 Å². The molecule has 0 heterocycles. The van der Waals surface area contributed by atoms with E-state index in [0.717, 1.165) is 18.8 Å². The number of hydrogen-bond acceptors (Lipinski definition) is 1. The number of aryl methyl sites for hydroxylation is 2. The molecule has 2 N–H and O–H groups in total. The summed E-state index contributed by atoms with van der Waals surface area (Å²) in [4.78, 5) is 0.